The summed E-state index contributed by atoms with van der Waals surface area (Å²) in [6.07, 6.45) is 1.73. The Labute approximate surface area is 129 Å². The van der Waals surface area contributed by atoms with Crippen LogP contribution in [0.15, 0.2) is 35.4 Å². The quantitative estimate of drug-likeness (QED) is 0.462. The average Bonchev–Trinajstić information content (AvgIpc) is 2.77. The summed E-state index contributed by atoms with van der Waals surface area (Å²) in [6, 6.07) is 9.55. The maximum absolute atomic E-state index is 5.18. The van der Waals surface area contributed by atoms with Crippen LogP contribution >= 0.6 is 12.2 Å². The minimum atomic E-state index is 0.421. The first-order valence-electron chi connectivity index (χ1n) is 6.49. The number of benzene rings is 1. The van der Waals surface area contributed by atoms with Crippen molar-refractivity contribution in [3.8, 4) is 5.75 Å². The minimum Gasteiger partial charge on any atom is -0.497 e. The molecule has 5 nitrogen and oxygen atoms in total. The summed E-state index contributed by atoms with van der Waals surface area (Å²) in [5.41, 5.74) is 6.84. The molecule has 0 aliphatic rings. The predicted molar refractivity (Wildman–Crippen MR) is 90.2 cm³/mol. The molecule has 1 heterocycles. The van der Waals surface area contributed by atoms with E-state index in [0.29, 0.717) is 5.11 Å². The molecule has 0 aliphatic carbocycles. The van der Waals surface area contributed by atoms with E-state index in [4.69, 9.17) is 17.0 Å². The van der Waals surface area contributed by atoms with Crippen molar-refractivity contribution in [3.05, 3.63) is 47.3 Å². The number of aromatic amines is 1. The van der Waals surface area contributed by atoms with Crippen LogP contribution in [-0.2, 0) is 0 Å². The zero-order valence-electron chi connectivity index (χ0n) is 12.2. The normalized spacial score (nSPS) is 10.6. The molecule has 1 aromatic carbocycles. The largest absolute Gasteiger partial charge is 0.497 e. The maximum Gasteiger partial charge on any atom is 0.191 e. The van der Waals surface area contributed by atoms with Gasteiger partial charge in [-0.3, -0.25) is 5.43 Å². The van der Waals surface area contributed by atoms with Crippen molar-refractivity contribution in [3.63, 3.8) is 0 Å². The van der Waals surface area contributed by atoms with Gasteiger partial charge >= 0.3 is 0 Å². The second-order valence-corrected chi connectivity index (χ2v) is 5.00. The van der Waals surface area contributed by atoms with Crippen LogP contribution in [-0.4, -0.2) is 23.4 Å². The predicted octanol–water partition coefficient (Wildman–Crippen LogP) is 2.96. The van der Waals surface area contributed by atoms with Gasteiger partial charge in [-0.05, 0) is 44.3 Å². The van der Waals surface area contributed by atoms with Gasteiger partial charge in [-0.25, -0.2) is 0 Å². The van der Waals surface area contributed by atoms with Gasteiger partial charge in [0, 0.05) is 28.7 Å². The van der Waals surface area contributed by atoms with Crippen LogP contribution in [0.5, 0.6) is 5.75 Å². The molecule has 3 N–H and O–H groups in total. The molecule has 0 saturated carbocycles. The van der Waals surface area contributed by atoms with E-state index in [1.165, 1.54) is 0 Å². The summed E-state index contributed by atoms with van der Waals surface area (Å²) < 4.78 is 5.15. The lowest BCUT2D eigenvalue weighted by molar-refractivity contribution is 0.415. The van der Waals surface area contributed by atoms with Gasteiger partial charge in [-0.15, -0.1) is 0 Å². The fraction of sp³-hybridized carbons (Fsp3) is 0.200. The van der Waals surface area contributed by atoms with Gasteiger partial charge in [0.05, 0.1) is 13.3 Å². The average molecular weight is 302 g/mol. The molecule has 0 aliphatic heterocycles. The molecule has 21 heavy (non-hydrogen) atoms. The Morgan fingerprint density at radius 3 is 2.81 bits per heavy atom. The molecule has 0 unspecified atom stereocenters. The highest BCUT2D eigenvalue weighted by Gasteiger charge is 2.00. The molecule has 0 amide bonds. The summed E-state index contributed by atoms with van der Waals surface area (Å²) >= 11 is 5.18. The number of anilines is 1. The summed E-state index contributed by atoms with van der Waals surface area (Å²) in [7, 11) is 1.63. The number of hydrogen-bond acceptors (Lipinski definition) is 3. The van der Waals surface area contributed by atoms with Crippen LogP contribution < -0.4 is 15.5 Å². The van der Waals surface area contributed by atoms with Crippen molar-refractivity contribution >= 4 is 29.2 Å². The van der Waals surface area contributed by atoms with Crippen molar-refractivity contribution in [1.82, 2.24) is 10.4 Å². The van der Waals surface area contributed by atoms with Gasteiger partial charge in [0.15, 0.2) is 5.11 Å². The first kappa shape index (κ1) is 15.1. The van der Waals surface area contributed by atoms with E-state index in [0.717, 1.165) is 28.4 Å². The van der Waals surface area contributed by atoms with E-state index in [1.807, 2.05) is 44.2 Å². The third kappa shape index (κ3) is 4.32. The molecule has 0 spiro atoms. The number of H-pyrrole nitrogens is 1. The van der Waals surface area contributed by atoms with Gasteiger partial charge in [0.1, 0.15) is 5.75 Å². The van der Waals surface area contributed by atoms with Crippen molar-refractivity contribution in [1.29, 1.82) is 0 Å². The fourth-order valence-electron chi connectivity index (χ4n) is 1.90. The molecule has 1 aromatic heterocycles. The number of hydrazone groups is 1. The first-order valence-corrected chi connectivity index (χ1v) is 6.89. The SMILES string of the molecule is COc1cccc(NC(=S)N/N=C/c2cc(C)[nH]c2C)c1. The summed E-state index contributed by atoms with van der Waals surface area (Å²) in [6.45, 7) is 4.01. The van der Waals surface area contributed by atoms with Gasteiger partial charge in [0.2, 0.25) is 0 Å². The number of nitrogens with zero attached hydrogens (tertiary/aromatic N) is 1. The molecular weight excluding hydrogens is 284 g/mol. The Hall–Kier alpha value is -2.34. The molecule has 2 rings (SSSR count). The third-order valence-electron chi connectivity index (χ3n) is 2.89. The molecule has 0 bridgehead atoms. The third-order valence-corrected chi connectivity index (χ3v) is 3.08. The van der Waals surface area contributed by atoms with Crippen LogP contribution in [0.2, 0.25) is 0 Å². The summed E-state index contributed by atoms with van der Waals surface area (Å²) in [5, 5.41) is 7.59. The zero-order chi connectivity index (χ0) is 15.2. The van der Waals surface area contributed by atoms with Crippen molar-refractivity contribution in [2.75, 3.05) is 12.4 Å². The monoisotopic (exact) mass is 302 g/mol. The summed E-state index contributed by atoms with van der Waals surface area (Å²) in [5.74, 6) is 0.768. The lowest BCUT2D eigenvalue weighted by Gasteiger charge is -2.08. The van der Waals surface area contributed by atoms with E-state index >= 15 is 0 Å². The fourth-order valence-corrected chi connectivity index (χ4v) is 2.07. The van der Waals surface area contributed by atoms with Gasteiger partial charge in [-0.1, -0.05) is 6.07 Å². The Morgan fingerprint density at radius 2 is 2.14 bits per heavy atom. The van der Waals surface area contributed by atoms with E-state index in [-0.39, 0.29) is 0 Å². The van der Waals surface area contributed by atoms with Gasteiger partial charge in [0.25, 0.3) is 0 Å². The van der Waals surface area contributed by atoms with E-state index in [9.17, 15) is 0 Å². The zero-order valence-corrected chi connectivity index (χ0v) is 13.0. The molecule has 110 valence electrons. The van der Waals surface area contributed by atoms with Gasteiger partial charge < -0.3 is 15.0 Å². The van der Waals surface area contributed by atoms with E-state index in [2.05, 4.69) is 20.8 Å². The number of nitrogens with one attached hydrogen (secondary N) is 3. The Bertz CT molecular complexity index is 663. The summed E-state index contributed by atoms with van der Waals surface area (Å²) in [4.78, 5) is 3.22. The lowest BCUT2D eigenvalue weighted by atomic mass is 10.3. The van der Waals surface area contributed by atoms with Gasteiger partial charge in [-0.2, -0.15) is 5.10 Å². The molecule has 2 aromatic rings. The van der Waals surface area contributed by atoms with Crippen LogP contribution in [0.4, 0.5) is 5.69 Å². The highest BCUT2D eigenvalue weighted by atomic mass is 32.1. The van der Waals surface area contributed by atoms with E-state index in [1.54, 1.807) is 13.3 Å². The number of hydrogen-bond donors (Lipinski definition) is 3. The van der Waals surface area contributed by atoms with Crippen LogP contribution in [0.3, 0.4) is 0 Å². The van der Waals surface area contributed by atoms with Crippen LogP contribution in [0, 0.1) is 13.8 Å². The number of thiocarbonyl (C=S) groups is 1. The molecule has 0 saturated heterocycles. The number of aryl methyl sites for hydroxylation is 2. The Kier molecular flexibility index (Phi) is 4.94. The Morgan fingerprint density at radius 1 is 1.33 bits per heavy atom. The van der Waals surface area contributed by atoms with Crippen molar-refractivity contribution in [2.24, 2.45) is 5.10 Å². The molecule has 0 radical (unpaired) electrons. The van der Waals surface area contributed by atoms with Crippen LogP contribution in [0.1, 0.15) is 17.0 Å². The topological polar surface area (TPSA) is 61.4 Å². The first-order chi connectivity index (χ1) is 10.1. The number of aromatic nitrogens is 1. The van der Waals surface area contributed by atoms with Crippen molar-refractivity contribution in [2.45, 2.75) is 13.8 Å². The number of methoxy groups -OCH3 is 1. The lowest BCUT2D eigenvalue weighted by Crippen LogP contribution is -2.23. The highest BCUT2D eigenvalue weighted by Crippen LogP contribution is 2.16. The molecule has 0 fully saturated rings. The molecule has 6 heteroatoms. The highest BCUT2D eigenvalue weighted by molar-refractivity contribution is 7.80. The minimum absolute atomic E-state index is 0.421. The van der Waals surface area contributed by atoms with Crippen molar-refractivity contribution < 1.29 is 4.74 Å². The second kappa shape index (κ2) is 6.90. The number of ether oxygens (including phenoxy) is 1. The number of rotatable bonds is 4. The Balaban J connectivity index is 1.91. The smallest absolute Gasteiger partial charge is 0.191 e. The molecular formula is C15H18N4OS. The maximum atomic E-state index is 5.18. The standard InChI is InChI=1S/C15H18N4OS/c1-10-7-12(11(2)17-10)9-16-19-15(21)18-13-5-4-6-14(8-13)20-3/h4-9,17H,1-3H3,(H2,18,19,21)/b16-9+. The van der Waals surface area contributed by atoms with E-state index < -0.39 is 0 Å². The van der Waals surface area contributed by atoms with Crippen LogP contribution in [0.25, 0.3) is 0 Å². The molecule has 0 atom stereocenters. The second-order valence-electron chi connectivity index (χ2n) is 4.59.